The zero-order valence-corrected chi connectivity index (χ0v) is 12.3. The molecular formula is C14H17BrN2O. The van der Waals surface area contributed by atoms with Crippen molar-refractivity contribution < 1.29 is 4.79 Å². The van der Waals surface area contributed by atoms with Crippen LogP contribution < -0.4 is 0 Å². The van der Waals surface area contributed by atoms with Crippen LogP contribution in [-0.4, -0.2) is 29.4 Å². The summed E-state index contributed by atoms with van der Waals surface area (Å²) in [6, 6.07) is 7.86. The van der Waals surface area contributed by atoms with Gasteiger partial charge in [0.05, 0.1) is 0 Å². The van der Waals surface area contributed by atoms with Gasteiger partial charge in [0.1, 0.15) is 5.69 Å². The summed E-state index contributed by atoms with van der Waals surface area (Å²) < 4.78 is 1.02. The van der Waals surface area contributed by atoms with E-state index in [1.54, 1.807) is 4.90 Å². The quantitative estimate of drug-likeness (QED) is 0.916. The summed E-state index contributed by atoms with van der Waals surface area (Å²) in [5.41, 5.74) is 1.65. The van der Waals surface area contributed by atoms with Gasteiger partial charge < -0.3 is 9.88 Å². The van der Waals surface area contributed by atoms with E-state index in [0.717, 1.165) is 34.8 Å². The molecule has 0 unspecified atom stereocenters. The van der Waals surface area contributed by atoms with E-state index in [9.17, 15) is 4.79 Å². The molecule has 1 amide bonds. The van der Waals surface area contributed by atoms with Crippen LogP contribution in [-0.2, 0) is 0 Å². The Labute approximate surface area is 115 Å². The maximum atomic E-state index is 12.2. The molecule has 2 aromatic rings. The van der Waals surface area contributed by atoms with E-state index in [4.69, 9.17) is 0 Å². The Hall–Kier alpha value is -1.29. The van der Waals surface area contributed by atoms with Gasteiger partial charge in [0.15, 0.2) is 0 Å². The molecule has 1 aromatic carbocycles. The minimum atomic E-state index is 0.0516. The Kier molecular flexibility index (Phi) is 4.07. The van der Waals surface area contributed by atoms with Crippen molar-refractivity contribution in [3.8, 4) is 0 Å². The first-order chi connectivity index (χ1) is 8.61. The zero-order chi connectivity index (χ0) is 13.1. The standard InChI is InChI=1S/C14H17BrN2O/c1-3-4-7-17(2)14(18)13-9-10-8-11(15)5-6-12(10)16-13/h5-6,8-9,16H,3-4,7H2,1-2H3. The van der Waals surface area contributed by atoms with E-state index in [0.29, 0.717) is 5.69 Å². The van der Waals surface area contributed by atoms with Crippen LogP contribution in [0.25, 0.3) is 10.9 Å². The molecule has 0 spiro atoms. The molecule has 0 saturated heterocycles. The summed E-state index contributed by atoms with van der Waals surface area (Å²) >= 11 is 3.43. The molecule has 0 aliphatic carbocycles. The summed E-state index contributed by atoms with van der Waals surface area (Å²) in [5.74, 6) is 0.0516. The number of H-pyrrole nitrogens is 1. The molecule has 96 valence electrons. The highest BCUT2D eigenvalue weighted by atomic mass is 79.9. The number of nitrogens with zero attached hydrogens (tertiary/aromatic N) is 1. The lowest BCUT2D eigenvalue weighted by Gasteiger charge is -2.15. The second-order valence-corrected chi connectivity index (χ2v) is 5.41. The fourth-order valence-corrected chi connectivity index (χ4v) is 2.30. The van der Waals surface area contributed by atoms with Crippen molar-refractivity contribution in [3.63, 3.8) is 0 Å². The molecule has 0 bridgehead atoms. The van der Waals surface area contributed by atoms with Gasteiger partial charge >= 0.3 is 0 Å². The molecule has 1 N–H and O–H groups in total. The number of aromatic nitrogens is 1. The Bertz CT molecular complexity index is 562. The van der Waals surface area contributed by atoms with E-state index < -0.39 is 0 Å². The number of carbonyl (C=O) groups excluding carboxylic acids is 1. The Morgan fingerprint density at radius 2 is 2.17 bits per heavy atom. The lowest BCUT2D eigenvalue weighted by atomic mass is 10.2. The third-order valence-corrected chi connectivity index (χ3v) is 3.50. The number of benzene rings is 1. The number of fused-ring (bicyclic) bond motifs is 1. The normalized spacial score (nSPS) is 10.8. The smallest absolute Gasteiger partial charge is 0.270 e. The molecule has 3 nitrogen and oxygen atoms in total. The first kappa shape index (κ1) is 13.1. The van der Waals surface area contributed by atoms with Crippen LogP contribution in [0.1, 0.15) is 30.3 Å². The largest absolute Gasteiger partial charge is 0.351 e. The third-order valence-electron chi connectivity index (χ3n) is 3.01. The Morgan fingerprint density at radius 1 is 1.39 bits per heavy atom. The molecule has 1 heterocycles. The van der Waals surface area contributed by atoms with Gasteiger partial charge in [-0.25, -0.2) is 0 Å². The first-order valence-electron chi connectivity index (χ1n) is 6.15. The molecule has 2 rings (SSSR count). The number of nitrogens with one attached hydrogen (secondary N) is 1. The minimum absolute atomic E-state index is 0.0516. The SMILES string of the molecule is CCCCN(C)C(=O)c1cc2cc(Br)ccc2[nH]1. The molecule has 0 aliphatic heterocycles. The molecular weight excluding hydrogens is 292 g/mol. The molecule has 4 heteroatoms. The maximum absolute atomic E-state index is 12.2. The van der Waals surface area contributed by atoms with Crippen LogP contribution in [0, 0.1) is 0 Å². The average Bonchev–Trinajstić information content (AvgIpc) is 2.77. The summed E-state index contributed by atoms with van der Waals surface area (Å²) in [7, 11) is 1.85. The molecule has 0 aliphatic rings. The second-order valence-electron chi connectivity index (χ2n) is 4.49. The lowest BCUT2D eigenvalue weighted by Crippen LogP contribution is -2.27. The van der Waals surface area contributed by atoms with Gasteiger partial charge in [0.25, 0.3) is 5.91 Å². The van der Waals surface area contributed by atoms with Crippen molar-refractivity contribution in [2.24, 2.45) is 0 Å². The van der Waals surface area contributed by atoms with Crippen molar-refractivity contribution in [3.05, 3.63) is 34.4 Å². The highest BCUT2D eigenvalue weighted by Crippen LogP contribution is 2.21. The van der Waals surface area contributed by atoms with Crippen LogP contribution >= 0.6 is 15.9 Å². The number of aromatic amines is 1. The third kappa shape index (κ3) is 2.75. The van der Waals surface area contributed by atoms with Crippen molar-refractivity contribution in [1.82, 2.24) is 9.88 Å². The van der Waals surface area contributed by atoms with Crippen molar-refractivity contribution in [2.45, 2.75) is 19.8 Å². The van der Waals surface area contributed by atoms with E-state index >= 15 is 0 Å². The molecule has 0 radical (unpaired) electrons. The Morgan fingerprint density at radius 3 is 2.89 bits per heavy atom. The van der Waals surface area contributed by atoms with Gasteiger partial charge in [-0.1, -0.05) is 29.3 Å². The molecule has 18 heavy (non-hydrogen) atoms. The topological polar surface area (TPSA) is 36.1 Å². The number of hydrogen-bond donors (Lipinski definition) is 1. The minimum Gasteiger partial charge on any atom is -0.351 e. The summed E-state index contributed by atoms with van der Waals surface area (Å²) in [4.78, 5) is 17.1. The second kappa shape index (κ2) is 5.57. The molecule has 1 aromatic heterocycles. The number of hydrogen-bond acceptors (Lipinski definition) is 1. The summed E-state index contributed by atoms with van der Waals surface area (Å²) in [5, 5.41) is 1.05. The number of rotatable bonds is 4. The average molecular weight is 309 g/mol. The highest BCUT2D eigenvalue weighted by molar-refractivity contribution is 9.10. The maximum Gasteiger partial charge on any atom is 0.270 e. The van der Waals surface area contributed by atoms with Gasteiger partial charge in [-0.2, -0.15) is 0 Å². The number of unbranched alkanes of at least 4 members (excludes halogenated alkanes) is 1. The summed E-state index contributed by atoms with van der Waals surface area (Å²) in [6.07, 6.45) is 2.13. The monoisotopic (exact) mass is 308 g/mol. The van der Waals surface area contributed by atoms with Crippen LogP contribution in [0.15, 0.2) is 28.7 Å². The van der Waals surface area contributed by atoms with Crippen molar-refractivity contribution >= 4 is 32.7 Å². The first-order valence-corrected chi connectivity index (χ1v) is 6.95. The van der Waals surface area contributed by atoms with Gasteiger partial charge in [-0.15, -0.1) is 0 Å². The van der Waals surface area contributed by atoms with E-state index in [1.807, 2.05) is 31.3 Å². The van der Waals surface area contributed by atoms with Crippen molar-refractivity contribution in [2.75, 3.05) is 13.6 Å². The predicted molar refractivity (Wildman–Crippen MR) is 77.9 cm³/mol. The molecule has 0 atom stereocenters. The van der Waals surface area contributed by atoms with Crippen LogP contribution in [0.5, 0.6) is 0 Å². The Balaban J connectivity index is 2.22. The zero-order valence-electron chi connectivity index (χ0n) is 10.7. The number of carbonyl (C=O) groups is 1. The van der Waals surface area contributed by atoms with Gasteiger partial charge in [-0.05, 0) is 30.7 Å². The van der Waals surface area contributed by atoms with Crippen LogP contribution in [0.3, 0.4) is 0 Å². The molecule has 0 saturated carbocycles. The van der Waals surface area contributed by atoms with E-state index in [2.05, 4.69) is 27.8 Å². The van der Waals surface area contributed by atoms with Gasteiger partial charge in [0, 0.05) is 29.0 Å². The highest BCUT2D eigenvalue weighted by Gasteiger charge is 2.13. The van der Waals surface area contributed by atoms with Gasteiger partial charge in [-0.3, -0.25) is 4.79 Å². The number of amides is 1. The molecule has 0 fully saturated rings. The number of halogens is 1. The van der Waals surface area contributed by atoms with E-state index in [1.165, 1.54) is 0 Å². The van der Waals surface area contributed by atoms with Crippen LogP contribution in [0.4, 0.5) is 0 Å². The van der Waals surface area contributed by atoms with Crippen molar-refractivity contribution in [1.29, 1.82) is 0 Å². The van der Waals surface area contributed by atoms with Crippen LogP contribution in [0.2, 0.25) is 0 Å². The van der Waals surface area contributed by atoms with Gasteiger partial charge in [0.2, 0.25) is 0 Å². The lowest BCUT2D eigenvalue weighted by molar-refractivity contribution is 0.0788. The van der Waals surface area contributed by atoms with E-state index in [-0.39, 0.29) is 5.91 Å². The predicted octanol–water partition coefficient (Wildman–Crippen LogP) is 3.80. The summed E-state index contributed by atoms with van der Waals surface area (Å²) in [6.45, 7) is 2.92. The fraction of sp³-hybridized carbons (Fsp3) is 0.357. The fourth-order valence-electron chi connectivity index (χ4n) is 1.92.